The summed E-state index contributed by atoms with van der Waals surface area (Å²) in [6.07, 6.45) is 3.04. The number of carbonyl (C=O) groups is 1. The highest BCUT2D eigenvalue weighted by Gasteiger charge is 2.24. The van der Waals surface area contributed by atoms with Crippen molar-refractivity contribution in [2.75, 3.05) is 0 Å². The Hall–Kier alpha value is -2.95. The predicted molar refractivity (Wildman–Crippen MR) is 103 cm³/mol. The molecular weight excluding hydrogens is 341 g/mol. The van der Waals surface area contributed by atoms with Gasteiger partial charge in [0, 0.05) is 12.1 Å². The van der Waals surface area contributed by atoms with E-state index in [9.17, 15) is 9.18 Å². The van der Waals surface area contributed by atoms with Crippen molar-refractivity contribution in [3.8, 4) is 11.3 Å². The maximum absolute atomic E-state index is 13.5. The van der Waals surface area contributed by atoms with E-state index in [-0.39, 0.29) is 17.8 Å². The van der Waals surface area contributed by atoms with Crippen LogP contribution in [0.5, 0.6) is 0 Å². The fraction of sp³-hybridized carbons (Fsp3) is 0.273. The molecule has 3 aromatic rings. The van der Waals surface area contributed by atoms with Crippen molar-refractivity contribution in [2.45, 2.75) is 38.8 Å². The second-order valence-electron chi connectivity index (χ2n) is 6.86. The van der Waals surface area contributed by atoms with E-state index in [0.29, 0.717) is 23.5 Å². The van der Waals surface area contributed by atoms with E-state index in [4.69, 9.17) is 0 Å². The summed E-state index contributed by atoms with van der Waals surface area (Å²) < 4.78 is 15.2. The van der Waals surface area contributed by atoms with Crippen LogP contribution in [0.4, 0.5) is 4.39 Å². The number of nitrogens with one attached hydrogen (secondary N) is 1. The topological polar surface area (TPSA) is 46.9 Å². The Kier molecular flexibility index (Phi) is 4.75. The molecular formula is C22H22FN3O. The molecule has 1 atom stereocenters. The summed E-state index contributed by atoms with van der Waals surface area (Å²) in [5.74, 6) is -0.461. The van der Waals surface area contributed by atoms with Crippen LogP contribution in [0.3, 0.4) is 0 Å². The first-order chi connectivity index (χ1) is 13.2. The molecule has 2 aromatic carbocycles. The van der Waals surface area contributed by atoms with Crippen LogP contribution in [0.2, 0.25) is 0 Å². The van der Waals surface area contributed by atoms with Crippen molar-refractivity contribution in [1.29, 1.82) is 0 Å². The Morgan fingerprint density at radius 2 is 2.07 bits per heavy atom. The largest absolute Gasteiger partial charge is 0.344 e. The molecule has 4 nitrogen and oxygen atoms in total. The molecule has 0 spiro atoms. The van der Waals surface area contributed by atoms with Gasteiger partial charge in [0.1, 0.15) is 11.5 Å². The lowest BCUT2D eigenvalue weighted by Gasteiger charge is -2.26. The van der Waals surface area contributed by atoms with Gasteiger partial charge in [0.15, 0.2) is 0 Å². The summed E-state index contributed by atoms with van der Waals surface area (Å²) in [7, 11) is 0. The van der Waals surface area contributed by atoms with Gasteiger partial charge in [-0.3, -0.25) is 9.48 Å². The third kappa shape index (κ3) is 3.50. The van der Waals surface area contributed by atoms with E-state index in [1.54, 1.807) is 22.9 Å². The van der Waals surface area contributed by atoms with Crippen LogP contribution >= 0.6 is 0 Å². The number of aryl methyl sites for hydroxylation is 2. The first kappa shape index (κ1) is 17.5. The molecule has 1 N–H and O–H groups in total. The molecule has 0 bridgehead atoms. The molecule has 138 valence electrons. The highest BCUT2D eigenvalue weighted by molar-refractivity contribution is 5.94. The van der Waals surface area contributed by atoms with Crippen molar-refractivity contribution in [1.82, 2.24) is 15.1 Å². The van der Waals surface area contributed by atoms with Gasteiger partial charge < -0.3 is 5.32 Å². The fourth-order valence-corrected chi connectivity index (χ4v) is 3.77. The number of nitrogens with zero attached hydrogens (tertiary/aromatic N) is 2. The van der Waals surface area contributed by atoms with Crippen molar-refractivity contribution in [3.63, 3.8) is 0 Å². The van der Waals surface area contributed by atoms with Gasteiger partial charge in [0.05, 0.1) is 11.7 Å². The first-order valence-electron chi connectivity index (χ1n) is 9.38. The SMILES string of the molecule is CCn1nc(-c2cccc(F)c2)cc1C(=O)NC1CCCc2ccccc21. The van der Waals surface area contributed by atoms with Crippen molar-refractivity contribution < 1.29 is 9.18 Å². The third-order valence-corrected chi connectivity index (χ3v) is 5.11. The normalized spacial score (nSPS) is 16.0. The second kappa shape index (κ2) is 7.35. The molecule has 1 heterocycles. The molecule has 0 aliphatic heterocycles. The van der Waals surface area contributed by atoms with E-state index in [2.05, 4.69) is 22.5 Å². The molecule has 1 amide bonds. The summed E-state index contributed by atoms with van der Waals surface area (Å²) in [4.78, 5) is 13.0. The van der Waals surface area contributed by atoms with Crippen molar-refractivity contribution >= 4 is 5.91 Å². The molecule has 5 heteroatoms. The molecule has 0 saturated carbocycles. The van der Waals surface area contributed by atoms with Crippen LogP contribution < -0.4 is 5.32 Å². The number of benzene rings is 2. The highest BCUT2D eigenvalue weighted by atomic mass is 19.1. The highest BCUT2D eigenvalue weighted by Crippen LogP contribution is 2.30. The summed E-state index contributed by atoms with van der Waals surface area (Å²) in [5, 5.41) is 7.66. The zero-order chi connectivity index (χ0) is 18.8. The van der Waals surface area contributed by atoms with Crippen LogP contribution in [-0.4, -0.2) is 15.7 Å². The molecule has 4 rings (SSSR count). The zero-order valence-corrected chi connectivity index (χ0v) is 15.3. The number of rotatable bonds is 4. The van der Waals surface area contributed by atoms with Gasteiger partial charge in [-0.25, -0.2) is 4.39 Å². The molecule has 1 aliphatic carbocycles. The summed E-state index contributed by atoms with van der Waals surface area (Å²) in [6.45, 7) is 2.51. The standard InChI is InChI=1S/C22H22FN3O/c1-2-26-21(14-20(25-26)16-9-5-10-17(23)13-16)22(27)24-19-12-6-8-15-7-3-4-11-18(15)19/h3-5,7,9-11,13-14,19H,2,6,8,12H2,1H3,(H,24,27). The molecule has 1 unspecified atom stereocenters. The summed E-state index contributed by atoms with van der Waals surface area (Å²) in [5.41, 5.74) is 4.27. The average molecular weight is 363 g/mol. The first-order valence-corrected chi connectivity index (χ1v) is 9.38. The quantitative estimate of drug-likeness (QED) is 0.741. The lowest BCUT2D eigenvalue weighted by Crippen LogP contribution is -2.32. The maximum atomic E-state index is 13.5. The Bertz CT molecular complexity index is 979. The van der Waals surface area contributed by atoms with Gasteiger partial charge >= 0.3 is 0 Å². The number of aromatic nitrogens is 2. The molecule has 1 aromatic heterocycles. The van der Waals surface area contributed by atoms with E-state index in [1.165, 1.54) is 23.3 Å². The maximum Gasteiger partial charge on any atom is 0.270 e. The van der Waals surface area contributed by atoms with Crippen LogP contribution in [0, 0.1) is 5.82 Å². The van der Waals surface area contributed by atoms with Crippen LogP contribution in [0.15, 0.2) is 54.6 Å². The van der Waals surface area contributed by atoms with Gasteiger partial charge in [-0.2, -0.15) is 5.10 Å². The minimum absolute atomic E-state index is 0.0141. The number of halogens is 1. The monoisotopic (exact) mass is 363 g/mol. The van der Waals surface area contributed by atoms with Crippen LogP contribution in [0.25, 0.3) is 11.3 Å². The van der Waals surface area contributed by atoms with E-state index in [1.807, 2.05) is 19.1 Å². The molecule has 1 aliphatic rings. The number of fused-ring (bicyclic) bond motifs is 1. The minimum Gasteiger partial charge on any atom is -0.344 e. The smallest absolute Gasteiger partial charge is 0.270 e. The lowest BCUT2D eigenvalue weighted by atomic mass is 9.87. The molecule has 0 radical (unpaired) electrons. The van der Waals surface area contributed by atoms with Gasteiger partial charge in [0.25, 0.3) is 5.91 Å². The predicted octanol–water partition coefficient (Wildman–Crippen LogP) is 4.52. The average Bonchev–Trinajstić information content (AvgIpc) is 3.13. The molecule has 0 fully saturated rings. The number of carbonyl (C=O) groups excluding carboxylic acids is 1. The van der Waals surface area contributed by atoms with Crippen molar-refractivity contribution in [2.24, 2.45) is 0 Å². The van der Waals surface area contributed by atoms with E-state index < -0.39 is 0 Å². The summed E-state index contributed by atoms with van der Waals surface area (Å²) in [6, 6.07) is 16.3. The Morgan fingerprint density at radius 1 is 1.22 bits per heavy atom. The number of hydrogen-bond donors (Lipinski definition) is 1. The minimum atomic E-state index is -0.316. The van der Waals surface area contributed by atoms with E-state index in [0.717, 1.165) is 19.3 Å². The van der Waals surface area contributed by atoms with Gasteiger partial charge in [-0.05, 0) is 55.5 Å². The number of hydrogen-bond acceptors (Lipinski definition) is 2. The molecule has 27 heavy (non-hydrogen) atoms. The fourth-order valence-electron chi connectivity index (χ4n) is 3.77. The number of amides is 1. The molecule has 0 saturated heterocycles. The zero-order valence-electron chi connectivity index (χ0n) is 15.3. The summed E-state index contributed by atoms with van der Waals surface area (Å²) >= 11 is 0. The van der Waals surface area contributed by atoms with Gasteiger partial charge in [-0.15, -0.1) is 0 Å². The van der Waals surface area contributed by atoms with E-state index >= 15 is 0 Å². The van der Waals surface area contributed by atoms with Crippen LogP contribution in [-0.2, 0) is 13.0 Å². The van der Waals surface area contributed by atoms with Gasteiger partial charge in [-0.1, -0.05) is 36.4 Å². The third-order valence-electron chi connectivity index (χ3n) is 5.11. The lowest BCUT2D eigenvalue weighted by molar-refractivity contribution is 0.0922. The Balaban J connectivity index is 1.61. The Morgan fingerprint density at radius 3 is 2.89 bits per heavy atom. The van der Waals surface area contributed by atoms with Crippen molar-refractivity contribution in [3.05, 3.63) is 77.2 Å². The van der Waals surface area contributed by atoms with Gasteiger partial charge in [0.2, 0.25) is 0 Å². The Labute approximate surface area is 158 Å². The second-order valence-corrected chi connectivity index (χ2v) is 6.86. The van der Waals surface area contributed by atoms with Crippen LogP contribution in [0.1, 0.15) is 47.4 Å².